The average molecular weight is 371 g/mol. The first-order valence-electron chi connectivity index (χ1n) is 8.77. The van der Waals surface area contributed by atoms with Crippen molar-refractivity contribution in [3.05, 3.63) is 29.8 Å². The Morgan fingerprint density at radius 2 is 2.12 bits per heavy atom. The molecule has 1 aliphatic rings. The van der Waals surface area contributed by atoms with Crippen LogP contribution >= 0.6 is 11.8 Å². The molecule has 0 unspecified atom stereocenters. The number of nitrogens with zero attached hydrogens (tertiary/aromatic N) is 6. The van der Waals surface area contributed by atoms with Crippen molar-refractivity contribution in [2.24, 2.45) is 0 Å². The van der Waals surface area contributed by atoms with Crippen molar-refractivity contribution in [3.8, 4) is 0 Å². The zero-order valence-electron chi connectivity index (χ0n) is 14.8. The molecule has 1 N–H and O–H groups in total. The summed E-state index contributed by atoms with van der Waals surface area (Å²) >= 11 is 1.35. The Labute approximate surface area is 155 Å². The highest BCUT2D eigenvalue weighted by Gasteiger charge is 2.20. The second-order valence-corrected chi connectivity index (χ2v) is 7.50. The maximum absolute atomic E-state index is 12.4. The SMILES string of the molecule is Cc1cc2nnc(SCC(=O)Nc3ccnn3C3CCCC3)n2c(C)n1. The summed E-state index contributed by atoms with van der Waals surface area (Å²) in [5.41, 5.74) is 1.65. The van der Waals surface area contributed by atoms with Crippen LogP contribution in [0.5, 0.6) is 0 Å². The standard InChI is InChI=1S/C17H21N7OS/c1-11-9-15-21-22-17(23(15)12(2)19-11)26-10-16(25)20-14-7-8-18-24(14)13-5-3-4-6-13/h7-9,13H,3-6,10H2,1-2H3,(H,20,25). The van der Waals surface area contributed by atoms with Crippen LogP contribution in [0.15, 0.2) is 23.5 Å². The van der Waals surface area contributed by atoms with Gasteiger partial charge in [-0.2, -0.15) is 5.10 Å². The molecule has 1 amide bonds. The number of hydrogen-bond donors (Lipinski definition) is 1. The average Bonchev–Trinajstić information content (AvgIpc) is 3.32. The van der Waals surface area contributed by atoms with Crippen LogP contribution in [0, 0.1) is 13.8 Å². The number of hydrogen-bond acceptors (Lipinski definition) is 6. The molecule has 8 nitrogen and oxygen atoms in total. The van der Waals surface area contributed by atoms with Gasteiger partial charge in [-0.1, -0.05) is 24.6 Å². The topological polar surface area (TPSA) is 90.0 Å². The Morgan fingerprint density at radius 3 is 2.92 bits per heavy atom. The van der Waals surface area contributed by atoms with Crippen molar-refractivity contribution in [1.82, 2.24) is 29.4 Å². The molecule has 0 aliphatic heterocycles. The summed E-state index contributed by atoms with van der Waals surface area (Å²) in [4.78, 5) is 16.8. The van der Waals surface area contributed by atoms with E-state index in [1.807, 2.05) is 35.1 Å². The van der Waals surface area contributed by atoms with E-state index in [-0.39, 0.29) is 11.7 Å². The van der Waals surface area contributed by atoms with Gasteiger partial charge in [-0.15, -0.1) is 10.2 Å². The van der Waals surface area contributed by atoms with Crippen LogP contribution in [0.3, 0.4) is 0 Å². The van der Waals surface area contributed by atoms with Gasteiger partial charge < -0.3 is 5.32 Å². The molecular formula is C17H21N7OS. The number of fused-ring (bicyclic) bond motifs is 1. The third-order valence-electron chi connectivity index (χ3n) is 4.60. The van der Waals surface area contributed by atoms with Gasteiger partial charge in [0.15, 0.2) is 10.8 Å². The molecule has 0 atom stereocenters. The molecule has 3 heterocycles. The Kier molecular flexibility index (Phi) is 4.62. The van der Waals surface area contributed by atoms with Crippen LogP contribution < -0.4 is 5.32 Å². The largest absolute Gasteiger partial charge is 0.310 e. The first kappa shape index (κ1) is 17.0. The van der Waals surface area contributed by atoms with Crippen LogP contribution in [0.2, 0.25) is 0 Å². The predicted molar refractivity (Wildman–Crippen MR) is 99.3 cm³/mol. The number of thioether (sulfide) groups is 1. The van der Waals surface area contributed by atoms with E-state index in [1.54, 1.807) is 6.20 Å². The smallest absolute Gasteiger partial charge is 0.235 e. The fourth-order valence-corrected chi connectivity index (χ4v) is 4.24. The van der Waals surface area contributed by atoms with Crippen LogP contribution in [0.4, 0.5) is 5.82 Å². The predicted octanol–water partition coefficient (Wildman–Crippen LogP) is 2.78. The molecule has 3 aromatic rings. The summed E-state index contributed by atoms with van der Waals surface area (Å²) in [5, 5.41) is 16.4. The molecule has 1 aliphatic carbocycles. The lowest BCUT2D eigenvalue weighted by Crippen LogP contribution is -2.19. The highest BCUT2D eigenvalue weighted by molar-refractivity contribution is 7.99. The van der Waals surface area contributed by atoms with Crippen molar-refractivity contribution < 1.29 is 4.79 Å². The molecule has 136 valence electrons. The van der Waals surface area contributed by atoms with E-state index in [1.165, 1.54) is 24.6 Å². The minimum absolute atomic E-state index is 0.0794. The van der Waals surface area contributed by atoms with Gasteiger partial charge in [0.2, 0.25) is 5.91 Å². The van der Waals surface area contributed by atoms with Gasteiger partial charge in [0.05, 0.1) is 18.0 Å². The molecule has 0 aromatic carbocycles. The fourth-order valence-electron chi connectivity index (χ4n) is 3.46. The number of aryl methyl sites for hydroxylation is 2. The zero-order valence-corrected chi connectivity index (χ0v) is 15.7. The number of aromatic nitrogens is 6. The number of anilines is 1. The monoisotopic (exact) mass is 371 g/mol. The van der Waals surface area contributed by atoms with E-state index in [0.29, 0.717) is 11.2 Å². The van der Waals surface area contributed by atoms with Crippen LogP contribution in [-0.4, -0.2) is 41.0 Å². The lowest BCUT2D eigenvalue weighted by atomic mass is 10.2. The quantitative estimate of drug-likeness (QED) is 0.694. The molecule has 26 heavy (non-hydrogen) atoms. The minimum Gasteiger partial charge on any atom is -0.310 e. The first-order valence-corrected chi connectivity index (χ1v) is 9.76. The van der Waals surface area contributed by atoms with E-state index in [9.17, 15) is 4.79 Å². The van der Waals surface area contributed by atoms with E-state index < -0.39 is 0 Å². The fraction of sp³-hybridized carbons (Fsp3) is 0.471. The second-order valence-electron chi connectivity index (χ2n) is 6.56. The number of rotatable bonds is 5. The molecular weight excluding hydrogens is 350 g/mol. The van der Waals surface area contributed by atoms with Crippen molar-refractivity contribution in [2.45, 2.75) is 50.7 Å². The van der Waals surface area contributed by atoms with Gasteiger partial charge >= 0.3 is 0 Å². The Morgan fingerprint density at radius 1 is 1.31 bits per heavy atom. The summed E-state index contributed by atoms with van der Waals surface area (Å²) in [6, 6.07) is 4.12. The van der Waals surface area contributed by atoms with Gasteiger partial charge in [-0.05, 0) is 26.7 Å². The third kappa shape index (κ3) is 3.31. The summed E-state index contributed by atoms with van der Waals surface area (Å²) in [5.74, 6) is 1.75. The lowest BCUT2D eigenvalue weighted by Gasteiger charge is -2.14. The van der Waals surface area contributed by atoms with E-state index in [0.717, 1.165) is 35.8 Å². The molecule has 0 radical (unpaired) electrons. The van der Waals surface area contributed by atoms with Gasteiger partial charge in [-0.25, -0.2) is 9.67 Å². The lowest BCUT2D eigenvalue weighted by molar-refractivity contribution is -0.113. The number of amides is 1. The molecule has 0 bridgehead atoms. The van der Waals surface area contributed by atoms with Crippen molar-refractivity contribution in [2.75, 3.05) is 11.1 Å². The Bertz CT molecular complexity index is 942. The normalized spacial score (nSPS) is 15.0. The van der Waals surface area contributed by atoms with Gasteiger partial charge in [-0.3, -0.25) is 9.20 Å². The van der Waals surface area contributed by atoms with Gasteiger partial charge in [0, 0.05) is 17.8 Å². The number of carbonyl (C=O) groups is 1. The number of nitrogens with one attached hydrogen (secondary N) is 1. The van der Waals surface area contributed by atoms with E-state index >= 15 is 0 Å². The first-order chi connectivity index (χ1) is 12.6. The highest BCUT2D eigenvalue weighted by Crippen LogP contribution is 2.31. The van der Waals surface area contributed by atoms with E-state index in [4.69, 9.17) is 0 Å². The maximum Gasteiger partial charge on any atom is 0.235 e. The summed E-state index contributed by atoms with van der Waals surface area (Å²) in [6.07, 6.45) is 6.43. The molecule has 0 spiro atoms. The molecule has 9 heteroatoms. The summed E-state index contributed by atoms with van der Waals surface area (Å²) < 4.78 is 3.81. The van der Waals surface area contributed by atoms with Crippen LogP contribution in [0.1, 0.15) is 43.2 Å². The maximum atomic E-state index is 12.4. The van der Waals surface area contributed by atoms with Crippen LogP contribution in [-0.2, 0) is 4.79 Å². The van der Waals surface area contributed by atoms with Gasteiger partial charge in [0.1, 0.15) is 11.6 Å². The highest BCUT2D eigenvalue weighted by atomic mass is 32.2. The van der Waals surface area contributed by atoms with Gasteiger partial charge in [0.25, 0.3) is 0 Å². The zero-order chi connectivity index (χ0) is 18.1. The molecule has 4 rings (SSSR count). The molecule has 3 aromatic heterocycles. The Balaban J connectivity index is 1.43. The minimum atomic E-state index is -0.0794. The van der Waals surface area contributed by atoms with Crippen molar-refractivity contribution in [1.29, 1.82) is 0 Å². The third-order valence-corrected chi connectivity index (χ3v) is 5.53. The van der Waals surface area contributed by atoms with Crippen molar-refractivity contribution >= 4 is 29.1 Å². The summed E-state index contributed by atoms with van der Waals surface area (Å²) in [6.45, 7) is 3.84. The van der Waals surface area contributed by atoms with Crippen molar-refractivity contribution in [3.63, 3.8) is 0 Å². The van der Waals surface area contributed by atoms with Crippen LogP contribution in [0.25, 0.3) is 5.65 Å². The number of carbonyl (C=O) groups excluding carboxylic acids is 1. The Hall–Kier alpha value is -2.42. The molecule has 0 saturated heterocycles. The van der Waals surface area contributed by atoms with E-state index in [2.05, 4.69) is 25.6 Å². The molecule has 1 fully saturated rings. The summed E-state index contributed by atoms with van der Waals surface area (Å²) in [7, 11) is 0. The molecule has 1 saturated carbocycles. The second kappa shape index (κ2) is 7.06.